The van der Waals surface area contributed by atoms with Gasteiger partial charge in [0.1, 0.15) is 0 Å². The minimum Gasteiger partial charge on any atom is -0.379 e. The van der Waals surface area contributed by atoms with E-state index in [1.165, 1.54) is 19.2 Å². The summed E-state index contributed by atoms with van der Waals surface area (Å²) in [4.78, 5) is 16.1. The molecule has 0 aromatic heterocycles. The van der Waals surface area contributed by atoms with Crippen LogP contribution in [0, 0.1) is 0 Å². The Labute approximate surface area is 167 Å². The van der Waals surface area contributed by atoms with Gasteiger partial charge in [0.2, 0.25) is 15.9 Å². The molecule has 0 aromatic rings. The predicted octanol–water partition coefficient (Wildman–Crippen LogP) is -2.72. The number of rotatable bonds is 5. The Kier molecular flexibility index (Phi) is 6.95. The Morgan fingerprint density at radius 3 is 1.79 bits per heavy atom. The van der Waals surface area contributed by atoms with Gasteiger partial charge >= 0.3 is 0 Å². The first-order chi connectivity index (χ1) is 13.2. The summed E-state index contributed by atoms with van der Waals surface area (Å²) in [6.07, 6.45) is 1.18. The highest BCUT2D eigenvalue weighted by atomic mass is 32.2. The van der Waals surface area contributed by atoms with Crippen molar-refractivity contribution in [1.29, 1.82) is 0 Å². The second-order valence-electron chi connectivity index (χ2n) is 7.24. The first-order valence-corrected chi connectivity index (χ1v) is 12.7. The topological polar surface area (TPSA) is 111 Å². The number of carbonyl (C=O) groups excluding carboxylic acids is 1. The summed E-state index contributed by atoms with van der Waals surface area (Å²) < 4.78 is 58.0. The summed E-state index contributed by atoms with van der Waals surface area (Å²) in [5.41, 5.74) is 0. The Hall–Kier alpha value is -0.830. The van der Waals surface area contributed by atoms with Crippen molar-refractivity contribution in [3.05, 3.63) is 0 Å². The van der Waals surface area contributed by atoms with Crippen LogP contribution in [0.1, 0.15) is 0 Å². The minimum absolute atomic E-state index is 0.0439. The maximum absolute atomic E-state index is 12.7. The molecular weight excluding hydrogens is 410 g/mol. The van der Waals surface area contributed by atoms with Gasteiger partial charge in [-0.1, -0.05) is 0 Å². The molecule has 0 radical (unpaired) electrons. The lowest BCUT2D eigenvalue weighted by Crippen LogP contribution is -2.57. The van der Waals surface area contributed by atoms with Crippen molar-refractivity contribution < 1.29 is 26.4 Å². The zero-order chi connectivity index (χ0) is 20.4. The largest absolute Gasteiger partial charge is 0.379 e. The van der Waals surface area contributed by atoms with Crippen LogP contribution in [-0.4, -0.2) is 137 Å². The summed E-state index contributed by atoms with van der Waals surface area (Å²) >= 11 is 0. The second-order valence-corrected chi connectivity index (χ2v) is 11.1. The smallest absolute Gasteiger partial charge is 0.282 e. The van der Waals surface area contributed by atoms with Gasteiger partial charge in [-0.15, -0.1) is 0 Å². The molecule has 0 unspecified atom stereocenters. The quantitative estimate of drug-likeness (QED) is 0.458. The van der Waals surface area contributed by atoms with Crippen molar-refractivity contribution in [3.8, 4) is 0 Å². The van der Waals surface area contributed by atoms with Gasteiger partial charge in [-0.05, 0) is 0 Å². The maximum Gasteiger partial charge on any atom is 0.282 e. The van der Waals surface area contributed by atoms with E-state index < -0.39 is 20.2 Å². The van der Waals surface area contributed by atoms with E-state index in [1.807, 2.05) is 4.90 Å². The van der Waals surface area contributed by atoms with E-state index in [0.717, 1.165) is 0 Å². The van der Waals surface area contributed by atoms with Crippen LogP contribution in [0.2, 0.25) is 0 Å². The molecule has 3 rings (SSSR count). The van der Waals surface area contributed by atoms with E-state index in [2.05, 4.69) is 0 Å². The van der Waals surface area contributed by atoms with Crippen molar-refractivity contribution in [1.82, 2.24) is 22.7 Å². The van der Waals surface area contributed by atoms with Crippen LogP contribution in [0.5, 0.6) is 0 Å². The number of sulfonamides is 1. The highest BCUT2D eigenvalue weighted by molar-refractivity contribution is 7.88. The van der Waals surface area contributed by atoms with Gasteiger partial charge in [0.05, 0.1) is 26.0 Å². The van der Waals surface area contributed by atoms with Crippen LogP contribution in [-0.2, 0) is 29.8 Å². The molecule has 0 aliphatic carbocycles. The Morgan fingerprint density at radius 1 is 0.750 bits per heavy atom. The molecule has 3 aliphatic rings. The molecule has 1 amide bonds. The third-order valence-electron chi connectivity index (χ3n) is 5.37. The first-order valence-electron chi connectivity index (χ1n) is 9.46. The molecule has 11 nitrogen and oxygen atoms in total. The summed E-state index contributed by atoms with van der Waals surface area (Å²) in [7, 11) is -6.70. The molecule has 0 aromatic carbocycles. The zero-order valence-corrected chi connectivity index (χ0v) is 17.8. The lowest BCUT2D eigenvalue weighted by Gasteiger charge is -2.38. The molecule has 0 spiro atoms. The van der Waals surface area contributed by atoms with E-state index in [4.69, 9.17) is 4.74 Å². The van der Waals surface area contributed by atoms with Crippen molar-refractivity contribution in [2.45, 2.75) is 0 Å². The highest BCUT2D eigenvalue weighted by Crippen LogP contribution is 2.14. The SMILES string of the molecule is CS(=O)(=O)N1CCN(C(=O)CN2CCN(S(=O)(=O)N3CCOCC3)CC2)CC1. The fourth-order valence-corrected chi connectivity index (χ4v) is 6.01. The van der Waals surface area contributed by atoms with Crippen LogP contribution in [0.25, 0.3) is 0 Å². The van der Waals surface area contributed by atoms with Gasteiger partial charge in [0, 0.05) is 65.4 Å². The van der Waals surface area contributed by atoms with Crippen LogP contribution < -0.4 is 0 Å². The first kappa shape index (κ1) is 21.9. The number of ether oxygens (including phenoxy) is 1. The number of amides is 1. The second kappa shape index (κ2) is 8.90. The Balaban J connectivity index is 1.45. The third kappa shape index (κ3) is 5.20. The van der Waals surface area contributed by atoms with E-state index in [9.17, 15) is 21.6 Å². The van der Waals surface area contributed by atoms with E-state index in [1.54, 1.807) is 4.90 Å². The minimum atomic E-state index is -3.48. The van der Waals surface area contributed by atoms with Crippen molar-refractivity contribution >= 4 is 26.1 Å². The summed E-state index contributed by atoms with van der Waals surface area (Å²) in [5, 5.41) is 0. The fraction of sp³-hybridized carbons (Fsp3) is 0.933. The molecule has 3 fully saturated rings. The van der Waals surface area contributed by atoms with Crippen LogP contribution in [0.4, 0.5) is 0 Å². The van der Waals surface area contributed by atoms with Crippen molar-refractivity contribution in [2.75, 3.05) is 91.5 Å². The number of hydrogen-bond donors (Lipinski definition) is 0. The van der Waals surface area contributed by atoms with E-state index >= 15 is 0 Å². The Bertz CT molecular complexity index is 752. The normalized spacial score (nSPS) is 25.1. The fourth-order valence-electron chi connectivity index (χ4n) is 3.62. The summed E-state index contributed by atoms with van der Waals surface area (Å²) in [6, 6.07) is 0. The lowest BCUT2D eigenvalue weighted by molar-refractivity contribution is -0.133. The monoisotopic (exact) mass is 439 g/mol. The summed E-state index contributed by atoms with van der Waals surface area (Å²) in [5.74, 6) is -0.0439. The lowest BCUT2D eigenvalue weighted by atomic mass is 10.3. The highest BCUT2D eigenvalue weighted by Gasteiger charge is 2.34. The molecule has 0 atom stereocenters. The van der Waals surface area contributed by atoms with Gasteiger partial charge in [-0.3, -0.25) is 9.69 Å². The van der Waals surface area contributed by atoms with Gasteiger partial charge in [0.15, 0.2) is 0 Å². The zero-order valence-electron chi connectivity index (χ0n) is 16.2. The third-order valence-corrected chi connectivity index (χ3v) is 8.71. The standard InChI is InChI=1S/C15H29N5O6S2/c1-27(22,23)18-8-4-17(5-9-18)15(21)14-16-2-6-19(7-3-16)28(24,25)20-10-12-26-13-11-20/h2-14H2,1H3. The summed E-state index contributed by atoms with van der Waals surface area (Å²) in [6.45, 7) is 4.92. The van der Waals surface area contributed by atoms with Crippen LogP contribution in [0.3, 0.4) is 0 Å². The molecule has 3 saturated heterocycles. The van der Waals surface area contributed by atoms with Crippen molar-refractivity contribution in [2.24, 2.45) is 0 Å². The number of piperazine rings is 2. The van der Waals surface area contributed by atoms with Gasteiger partial charge in [-0.25, -0.2) is 8.42 Å². The average molecular weight is 440 g/mol. The molecule has 3 aliphatic heterocycles. The van der Waals surface area contributed by atoms with Crippen LogP contribution >= 0.6 is 0 Å². The number of carbonyl (C=O) groups is 1. The van der Waals surface area contributed by atoms with Crippen molar-refractivity contribution in [3.63, 3.8) is 0 Å². The predicted molar refractivity (Wildman–Crippen MR) is 102 cm³/mol. The maximum atomic E-state index is 12.7. The molecule has 28 heavy (non-hydrogen) atoms. The van der Waals surface area contributed by atoms with Gasteiger partial charge < -0.3 is 9.64 Å². The Morgan fingerprint density at radius 2 is 1.25 bits per heavy atom. The number of nitrogens with zero attached hydrogens (tertiary/aromatic N) is 5. The molecule has 162 valence electrons. The van der Waals surface area contributed by atoms with Crippen LogP contribution in [0.15, 0.2) is 0 Å². The number of hydrogen-bond acceptors (Lipinski definition) is 7. The van der Waals surface area contributed by atoms with E-state index in [-0.39, 0.29) is 12.5 Å². The average Bonchev–Trinajstić information content (AvgIpc) is 2.68. The van der Waals surface area contributed by atoms with Gasteiger partial charge in [-0.2, -0.15) is 21.3 Å². The molecular formula is C15H29N5O6S2. The molecule has 13 heteroatoms. The van der Waals surface area contributed by atoms with E-state index in [0.29, 0.717) is 78.7 Å². The molecule has 0 bridgehead atoms. The number of morpholine rings is 1. The molecule has 0 N–H and O–H groups in total. The van der Waals surface area contributed by atoms with Gasteiger partial charge in [0.25, 0.3) is 10.2 Å². The molecule has 3 heterocycles. The molecule has 0 saturated carbocycles.